The Balaban J connectivity index is 1.22. The largest absolute Gasteiger partial charge is 0.309 e. The van der Waals surface area contributed by atoms with Crippen LogP contribution in [-0.2, 0) is 0 Å². The molecule has 0 saturated heterocycles. The first kappa shape index (κ1) is 28.8. The van der Waals surface area contributed by atoms with E-state index in [0.29, 0.717) is 16.7 Å². The van der Waals surface area contributed by atoms with E-state index in [4.69, 9.17) is 0 Å². The first-order valence-electron chi connectivity index (χ1n) is 16.3. The summed E-state index contributed by atoms with van der Waals surface area (Å²) in [5.74, 6) is 0. The highest BCUT2D eigenvalue weighted by atomic mass is 15.0. The van der Waals surface area contributed by atoms with Crippen molar-refractivity contribution in [1.82, 2.24) is 9.13 Å². The van der Waals surface area contributed by atoms with Crippen LogP contribution in [0.1, 0.15) is 16.7 Å². The number of hydrogen-bond donors (Lipinski definition) is 0. The van der Waals surface area contributed by atoms with Gasteiger partial charge in [-0.15, -0.1) is 0 Å². The van der Waals surface area contributed by atoms with E-state index < -0.39 is 0 Å². The maximum Gasteiger partial charge on any atom is 0.101 e. The number of hydrogen-bond acceptors (Lipinski definition) is 3. The Labute approximate surface area is 287 Å². The lowest BCUT2D eigenvalue weighted by Crippen LogP contribution is -1.99. The molecule has 0 aliphatic heterocycles. The Bertz CT molecular complexity index is 2920. The lowest BCUT2D eigenvalue weighted by atomic mass is 9.93. The fraction of sp³-hybridized carbons (Fsp3) is 0. The third-order valence-electron chi connectivity index (χ3n) is 9.65. The van der Waals surface area contributed by atoms with Gasteiger partial charge in [0.1, 0.15) is 6.07 Å². The van der Waals surface area contributed by atoms with Crippen molar-refractivity contribution in [2.45, 2.75) is 0 Å². The van der Waals surface area contributed by atoms with Crippen molar-refractivity contribution in [3.8, 4) is 51.8 Å². The number of rotatable bonds is 4. The van der Waals surface area contributed by atoms with Crippen LogP contribution in [0.3, 0.4) is 0 Å². The molecule has 0 aliphatic rings. The van der Waals surface area contributed by atoms with E-state index in [1.165, 1.54) is 10.8 Å². The van der Waals surface area contributed by atoms with E-state index in [9.17, 15) is 15.8 Å². The van der Waals surface area contributed by atoms with Crippen LogP contribution in [0.2, 0.25) is 0 Å². The van der Waals surface area contributed by atoms with E-state index >= 15 is 0 Å². The van der Waals surface area contributed by atoms with Crippen LogP contribution in [0.4, 0.5) is 0 Å². The summed E-state index contributed by atoms with van der Waals surface area (Å²) < 4.78 is 4.39. The minimum Gasteiger partial charge on any atom is -0.309 e. The number of nitriles is 3. The zero-order valence-corrected chi connectivity index (χ0v) is 26.7. The number of aromatic nitrogens is 2. The zero-order valence-electron chi connectivity index (χ0n) is 26.7. The van der Waals surface area contributed by atoms with Crippen LogP contribution in [0, 0.1) is 34.0 Å². The van der Waals surface area contributed by atoms with Crippen molar-refractivity contribution >= 4 is 43.6 Å². The lowest BCUT2D eigenvalue weighted by Gasteiger charge is -2.16. The molecule has 0 atom stereocenters. The molecule has 0 bridgehead atoms. The first-order chi connectivity index (χ1) is 24.7. The predicted molar refractivity (Wildman–Crippen MR) is 200 cm³/mol. The van der Waals surface area contributed by atoms with Gasteiger partial charge < -0.3 is 9.13 Å². The van der Waals surface area contributed by atoms with Crippen molar-refractivity contribution in [3.05, 3.63) is 168 Å². The highest BCUT2D eigenvalue weighted by Gasteiger charge is 2.19. The van der Waals surface area contributed by atoms with Gasteiger partial charge in [0.25, 0.3) is 0 Å². The molecule has 2 aromatic heterocycles. The van der Waals surface area contributed by atoms with Crippen molar-refractivity contribution in [2.75, 3.05) is 0 Å². The molecule has 0 radical (unpaired) electrons. The highest BCUT2D eigenvalue weighted by molar-refractivity contribution is 6.11. The molecule has 230 valence electrons. The summed E-state index contributed by atoms with van der Waals surface area (Å²) >= 11 is 0. The predicted octanol–water partition coefficient (Wildman–Crippen LogP) is 10.8. The Morgan fingerprint density at radius 2 is 0.900 bits per heavy atom. The van der Waals surface area contributed by atoms with Crippen LogP contribution in [0.25, 0.3) is 77.2 Å². The Morgan fingerprint density at radius 3 is 1.56 bits per heavy atom. The molecule has 50 heavy (non-hydrogen) atoms. The van der Waals surface area contributed by atoms with E-state index in [-0.39, 0.29) is 0 Å². The van der Waals surface area contributed by atoms with Gasteiger partial charge in [0.15, 0.2) is 0 Å². The van der Waals surface area contributed by atoms with Gasteiger partial charge in [-0.2, -0.15) is 15.8 Å². The number of fused-ring (bicyclic) bond motifs is 6. The number of benzene rings is 7. The molecule has 0 fully saturated rings. The van der Waals surface area contributed by atoms with Crippen molar-refractivity contribution in [1.29, 1.82) is 15.8 Å². The molecule has 5 heteroatoms. The van der Waals surface area contributed by atoms with E-state index in [1.807, 2.05) is 72.8 Å². The van der Waals surface area contributed by atoms with Gasteiger partial charge in [-0.05, 0) is 77.9 Å². The summed E-state index contributed by atoms with van der Waals surface area (Å²) in [4.78, 5) is 0. The SMILES string of the molecule is N#Cc1ccc2c(c1)c1ccccc1n2-c1ccc(-c2cc(-c3ccccc3-n3c4ccccc4c4ccccc43)ccc2C#N)cc1C#N. The summed E-state index contributed by atoms with van der Waals surface area (Å²) in [6, 6.07) is 57.8. The fourth-order valence-electron chi connectivity index (χ4n) is 7.43. The smallest absolute Gasteiger partial charge is 0.101 e. The van der Waals surface area contributed by atoms with Crippen molar-refractivity contribution < 1.29 is 0 Å². The van der Waals surface area contributed by atoms with Gasteiger partial charge >= 0.3 is 0 Å². The summed E-state index contributed by atoms with van der Waals surface area (Å²) in [6.07, 6.45) is 0. The molecular formula is C45H25N5. The monoisotopic (exact) mass is 635 g/mol. The molecule has 0 aliphatic carbocycles. The summed E-state index contributed by atoms with van der Waals surface area (Å²) in [7, 11) is 0. The molecule has 0 spiro atoms. The van der Waals surface area contributed by atoms with Crippen molar-refractivity contribution in [3.63, 3.8) is 0 Å². The molecule has 7 aromatic carbocycles. The molecule has 9 rings (SSSR count). The summed E-state index contributed by atoms with van der Waals surface area (Å²) in [5, 5.41) is 34.7. The van der Waals surface area contributed by atoms with E-state index in [1.54, 1.807) is 6.07 Å². The fourth-order valence-corrected chi connectivity index (χ4v) is 7.43. The molecule has 5 nitrogen and oxygen atoms in total. The maximum atomic E-state index is 10.5. The van der Waals surface area contributed by atoms with Gasteiger partial charge in [0.2, 0.25) is 0 Å². The highest BCUT2D eigenvalue weighted by Crippen LogP contribution is 2.39. The van der Waals surface area contributed by atoms with Crippen LogP contribution in [0.5, 0.6) is 0 Å². The van der Waals surface area contributed by atoms with Crippen LogP contribution >= 0.6 is 0 Å². The Morgan fingerprint density at radius 1 is 0.360 bits per heavy atom. The second kappa shape index (κ2) is 11.4. The quantitative estimate of drug-likeness (QED) is 0.193. The minimum absolute atomic E-state index is 0.481. The second-order valence-corrected chi connectivity index (χ2v) is 12.3. The first-order valence-corrected chi connectivity index (χ1v) is 16.3. The standard InChI is InChI=1S/C45H25N5/c46-26-29-17-21-45-39(23-29)37-12-4-8-16-44(37)49(45)40-22-20-30(24-33(40)28-48)38-25-31(18-19-32(38)27-47)34-9-1-5-13-41(34)50-42-14-6-2-10-35(42)36-11-3-7-15-43(36)50/h1-25H. The van der Waals surface area contributed by atoms with E-state index in [2.05, 4.69) is 100 Å². The van der Waals surface area contributed by atoms with Crippen molar-refractivity contribution in [2.24, 2.45) is 0 Å². The molecule has 0 amide bonds. The van der Waals surface area contributed by atoms with Crippen LogP contribution in [-0.4, -0.2) is 9.13 Å². The number of para-hydroxylation sites is 4. The average molecular weight is 636 g/mol. The molecular weight excluding hydrogens is 611 g/mol. The third-order valence-corrected chi connectivity index (χ3v) is 9.65. The van der Waals surface area contributed by atoms with Gasteiger partial charge in [0, 0.05) is 32.7 Å². The minimum atomic E-state index is 0.481. The third kappa shape index (κ3) is 4.31. The summed E-state index contributed by atoms with van der Waals surface area (Å²) in [6.45, 7) is 0. The zero-order chi connectivity index (χ0) is 33.8. The maximum absolute atomic E-state index is 10.5. The van der Waals surface area contributed by atoms with Gasteiger partial charge in [0.05, 0.1) is 62.3 Å². The Hall–Kier alpha value is -7.39. The molecule has 2 heterocycles. The topological polar surface area (TPSA) is 81.2 Å². The lowest BCUT2D eigenvalue weighted by molar-refractivity contribution is 1.17. The molecule has 9 aromatic rings. The molecule has 0 saturated carbocycles. The Kier molecular flexibility index (Phi) is 6.56. The second-order valence-electron chi connectivity index (χ2n) is 12.3. The number of nitrogens with zero attached hydrogens (tertiary/aromatic N) is 5. The summed E-state index contributed by atoms with van der Waals surface area (Å²) in [5.41, 5.74) is 11.0. The molecule has 0 N–H and O–H groups in total. The van der Waals surface area contributed by atoms with Gasteiger partial charge in [-0.25, -0.2) is 0 Å². The molecule has 0 unspecified atom stereocenters. The van der Waals surface area contributed by atoms with Gasteiger partial charge in [-0.1, -0.05) is 84.9 Å². The van der Waals surface area contributed by atoms with Crippen LogP contribution in [0.15, 0.2) is 152 Å². The van der Waals surface area contributed by atoms with Crippen LogP contribution < -0.4 is 0 Å². The van der Waals surface area contributed by atoms with E-state index in [0.717, 1.165) is 66.5 Å². The van der Waals surface area contributed by atoms with Gasteiger partial charge in [-0.3, -0.25) is 0 Å². The normalized spacial score (nSPS) is 11.1. The average Bonchev–Trinajstić information content (AvgIpc) is 3.70.